The molecule has 0 aliphatic carbocycles. The quantitative estimate of drug-likeness (QED) is 0.433. The SMILES string of the molecule is c1ccc([P@@]2COc3cccc(-c4cccc5c4[P@@](c4ccccc4)CO5)c32)cc1. The second-order valence-corrected chi connectivity index (χ2v) is 11.5. The zero-order valence-corrected chi connectivity index (χ0v) is 18.2. The van der Waals surface area contributed by atoms with Gasteiger partial charge in [0.25, 0.3) is 0 Å². The fourth-order valence-electron chi connectivity index (χ4n) is 4.29. The molecule has 0 aromatic heterocycles. The first-order valence-corrected chi connectivity index (χ1v) is 13.1. The van der Waals surface area contributed by atoms with E-state index in [2.05, 4.69) is 97.1 Å². The maximum atomic E-state index is 6.16. The highest BCUT2D eigenvalue weighted by molar-refractivity contribution is 7.74. The van der Waals surface area contributed by atoms with Crippen LogP contribution in [0, 0.1) is 0 Å². The Balaban J connectivity index is 1.53. The molecule has 0 N–H and O–H groups in total. The van der Waals surface area contributed by atoms with Crippen LogP contribution in [0.15, 0.2) is 97.1 Å². The Labute approximate surface area is 179 Å². The zero-order chi connectivity index (χ0) is 19.9. The topological polar surface area (TPSA) is 18.5 Å². The number of hydrogen-bond acceptors (Lipinski definition) is 2. The minimum atomic E-state index is -0.531. The summed E-state index contributed by atoms with van der Waals surface area (Å²) in [6.45, 7) is 0. The molecule has 0 radical (unpaired) electrons. The van der Waals surface area contributed by atoms with E-state index in [0.717, 1.165) is 24.2 Å². The molecule has 0 fully saturated rings. The molecule has 4 heteroatoms. The van der Waals surface area contributed by atoms with Gasteiger partial charge in [-0.05, 0) is 49.7 Å². The molecule has 0 unspecified atom stereocenters. The van der Waals surface area contributed by atoms with E-state index in [0.29, 0.717) is 0 Å². The van der Waals surface area contributed by atoms with Gasteiger partial charge in [0.1, 0.15) is 24.2 Å². The zero-order valence-electron chi connectivity index (χ0n) is 16.4. The molecule has 6 rings (SSSR count). The van der Waals surface area contributed by atoms with Gasteiger partial charge in [-0.2, -0.15) is 0 Å². The van der Waals surface area contributed by atoms with E-state index >= 15 is 0 Å². The summed E-state index contributed by atoms with van der Waals surface area (Å²) in [7, 11) is -1.06. The van der Waals surface area contributed by atoms with Gasteiger partial charge in [-0.25, -0.2) is 0 Å². The van der Waals surface area contributed by atoms with Crippen LogP contribution in [0.5, 0.6) is 11.5 Å². The number of ether oxygens (including phenoxy) is 2. The lowest BCUT2D eigenvalue weighted by Gasteiger charge is -2.18. The minimum absolute atomic E-state index is 0.531. The van der Waals surface area contributed by atoms with Crippen LogP contribution >= 0.6 is 15.8 Å². The molecule has 0 spiro atoms. The van der Waals surface area contributed by atoms with Crippen LogP contribution in [0.3, 0.4) is 0 Å². The minimum Gasteiger partial charge on any atom is -0.488 e. The molecule has 0 saturated carbocycles. The molecular formula is C26H20O2P2. The Morgan fingerprint density at radius 1 is 0.467 bits per heavy atom. The van der Waals surface area contributed by atoms with Crippen LogP contribution in [0.1, 0.15) is 0 Å². The molecule has 2 aliphatic rings. The third-order valence-corrected chi connectivity index (χ3v) is 10.3. The van der Waals surface area contributed by atoms with Crippen LogP contribution < -0.4 is 30.7 Å². The highest BCUT2D eigenvalue weighted by Crippen LogP contribution is 2.50. The third kappa shape index (κ3) is 2.95. The van der Waals surface area contributed by atoms with E-state index in [9.17, 15) is 0 Å². The number of fused-ring (bicyclic) bond motifs is 2. The monoisotopic (exact) mass is 426 g/mol. The van der Waals surface area contributed by atoms with Gasteiger partial charge < -0.3 is 9.47 Å². The normalized spacial score (nSPS) is 18.9. The largest absolute Gasteiger partial charge is 0.488 e. The average molecular weight is 426 g/mol. The van der Waals surface area contributed by atoms with Gasteiger partial charge in [0.15, 0.2) is 0 Å². The van der Waals surface area contributed by atoms with Crippen molar-refractivity contribution in [3.05, 3.63) is 97.1 Å². The highest BCUT2D eigenvalue weighted by atomic mass is 31.1. The van der Waals surface area contributed by atoms with Gasteiger partial charge in [0, 0.05) is 10.6 Å². The van der Waals surface area contributed by atoms with E-state index in [-0.39, 0.29) is 0 Å². The van der Waals surface area contributed by atoms with Crippen molar-refractivity contribution in [3.63, 3.8) is 0 Å². The number of rotatable bonds is 3. The Morgan fingerprint density at radius 3 is 1.33 bits per heavy atom. The van der Waals surface area contributed by atoms with Crippen molar-refractivity contribution < 1.29 is 9.47 Å². The first-order valence-electron chi connectivity index (χ1n) is 10.1. The first kappa shape index (κ1) is 18.1. The third-order valence-electron chi connectivity index (χ3n) is 5.66. The second kappa shape index (κ2) is 7.55. The Bertz CT molecular complexity index is 1110. The van der Waals surface area contributed by atoms with Crippen molar-refractivity contribution >= 4 is 37.1 Å². The molecule has 0 amide bonds. The highest BCUT2D eigenvalue weighted by Gasteiger charge is 2.33. The first-order chi connectivity index (χ1) is 14.9. The van der Waals surface area contributed by atoms with Gasteiger partial charge in [-0.15, -0.1) is 0 Å². The van der Waals surface area contributed by atoms with E-state index in [4.69, 9.17) is 9.47 Å². The van der Waals surface area contributed by atoms with E-state index in [1.54, 1.807) is 0 Å². The van der Waals surface area contributed by atoms with Crippen molar-refractivity contribution in [2.45, 2.75) is 0 Å². The average Bonchev–Trinajstić information content (AvgIpc) is 3.45. The summed E-state index contributed by atoms with van der Waals surface area (Å²) < 4.78 is 12.3. The fraction of sp³-hybridized carbons (Fsp3) is 0.0769. The van der Waals surface area contributed by atoms with Gasteiger partial charge in [-0.3, -0.25) is 0 Å². The van der Waals surface area contributed by atoms with Crippen molar-refractivity contribution in [3.8, 4) is 22.6 Å². The summed E-state index contributed by atoms with van der Waals surface area (Å²) in [6, 6.07) is 34.6. The summed E-state index contributed by atoms with van der Waals surface area (Å²) in [5.74, 6) is 2.06. The Kier molecular flexibility index (Phi) is 4.56. The van der Waals surface area contributed by atoms with Gasteiger partial charge in [0.05, 0.1) is 0 Å². The molecule has 2 heterocycles. The van der Waals surface area contributed by atoms with Crippen molar-refractivity contribution in [1.82, 2.24) is 0 Å². The lowest BCUT2D eigenvalue weighted by Crippen LogP contribution is -2.16. The molecule has 0 saturated heterocycles. The van der Waals surface area contributed by atoms with Crippen molar-refractivity contribution in [1.29, 1.82) is 0 Å². The molecule has 146 valence electrons. The molecule has 30 heavy (non-hydrogen) atoms. The van der Waals surface area contributed by atoms with Crippen molar-refractivity contribution in [2.24, 2.45) is 0 Å². The molecule has 4 aromatic rings. The molecular weight excluding hydrogens is 406 g/mol. The fourth-order valence-corrected chi connectivity index (χ4v) is 8.74. The predicted octanol–water partition coefficient (Wildman–Crippen LogP) is 4.92. The lowest BCUT2D eigenvalue weighted by molar-refractivity contribution is 0.402. The van der Waals surface area contributed by atoms with E-state index in [1.165, 1.54) is 32.3 Å². The summed E-state index contributed by atoms with van der Waals surface area (Å²) in [4.78, 5) is 0. The number of benzene rings is 4. The molecule has 2 aliphatic heterocycles. The Morgan fingerprint density at radius 2 is 0.900 bits per heavy atom. The van der Waals surface area contributed by atoms with Crippen LogP contribution in [0.2, 0.25) is 0 Å². The Hall–Kier alpha value is -2.66. The predicted molar refractivity (Wildman–Crippen MR) is 128 cm³/mol. The molecule has 0 bridgehead atoms. The van der Waals surface area contributed by atoms with Crippen LogP contribution in [-0.2, 0) is 0 Å². The van der Waals surface area contributed by atoms with Crippen LogP contribution in [0.4, 0.5) is 0 Å². The van der Waals surface area contributed by atoms with Crippen LogP contribution in [-0.4, -0.2) is 12.7 Å². The maximum absolute atomic E-state index is 6.16. The lowest BCUT2D eigenvalue weighted by atomic mass is 10.0. The van der Waals surface area contributed by atoms with E-state index in [1.807, 2.05) is 0 Å². The smallest absolute Gasteiger partial charge is 0.128 e. The summed E-state index contributed by atoms with van der Waals surface area (Å²) in [5.41, 5.74) is 2.59. The van der Waals surface area contributed by atoms with Crippen molar-refractivity contribution in [2.75, 3.05) is 12.7 Å². The summed E-state index contributed by atoms with van der Waals surface area (Å²) in [6.07, 6.45) is 1.51. The van der Waals surface area contributed by atoms with E-state index < -0.39 is 15.8 Å². The van der Waals surface area contributed by atoms with Crippen LogP contribution in [0.25, 0.3) is 11.1 Å². The summed E-state index contributed by atoms with van der Waals surface area (Å²) >= 11 is 0. The standard InChI is InChI=1S/C26H20O2P2/c1-3-9-19(10-4-1)29-17-27-23-15-7-13-21(25(23)29)22-14-8-16-24-26(22)30(18-28-24)20-11-5-2-6-12-20/h1-16H,17-18H2/t29-,30-/m1/s1. The summed E-state index contributed by atoms with van der Waals surface area (Å²) in [5, 5.41) is 5.46. The van der Waals surface area contributed by atoms with Gasteiger partial charge >= 0.3 is 0 Å². The maximum Gasteiger partial charge on any atom is 0.128 e. The van der Waals surface area contributed by atoms with Gasteiger partial charge in [0.2, 0.25) is 0 Å². The number of hydrogen-bond donors (Lipinski definition) is 0. The molecule has 4 aromatic carbocycles. The molecule has 2 atom stereocenters. The van der Waals surface area contributed by atoms with Gasteiger partial charge in [-0.1, -0.05) is 84.9 Å². The molecule has 2 nitrogen and oxygen atoms in total. The second-order valence-electron chi connectivity index (χ2n) is 7.38.